The van der Waals surface area contributed by atoms with Crippen molar-refractivity contribution in [3.8, 4) is 0 Å². The van der Waals surface area contributed by atoms with Gasteiger partial charge in [-0.05, 0) is 25.7 Å². The molecular weight excluding hydrogens is 210 g/mol. The molecule has 1 atom stereocenters. The van der Waals surface area contributed by atoms with Crippen LogP contribution in [0.25, 0.3) is 0 Å². The lowest BCUT2D eigenvalue weighted by molar-refractivity contribution is -0.130. The van der Waals surface area contributed by atoms with Crippen LogP contribution >= 0.6 is 0 Å². The van der Waals surface area contributed by atoms with E-state index in [1.165, 1.54) is 5.57 Å². The Kier molecular flexibility index (Phi) is 5.75. The number of hydrogen-bond acceptors (Lipinski definition) is 1. The van der Waals surface area contributed by atoms with Gasteiger partial charge >= 0.3 is 0 Å². The third-order valence-electron chi connectivity index (χ3n) is 3.23. The molecule has 0 aromatic heterocycles. The highest BCUT2D eigenvalue weighted by molar-refractivity contribution is 5.78. The van der Waals surface area contributed by atoms with Crippen LogP contribution in [0.4, 0.5) is 0 Å². The summed E-state index contributed by atoms with van der Waals surface area (Å²) in [5.74, 6) is 0.202. The highest BCUT2D eigenvalue weighted by Gasteiger charge is 2.26. The van der Waals surface area contributed by atoms with Crippen LogP contribution in [0.1, 0.15) is 39.0 Å². The van der Waals surface area contributed by atoms with E-state index in [2.05, 4.69) is 26.2 Å². The molecule has 0 unspecified atom stereocenters. The Morgan fingerprint density at radius 2 is 2.06 bits per heavy atom. The van der Waals surface area contributed by atoms with Crippen LogP contribution < -0.4 is 0 Å². The predicted molar refractivity (Wildman–Crippen MR) is 72.7 cm³/mol. The van der Waals surface area contributed by atoms with Crippen LogP contribution in [0.5, 0.6) is 0 Å². The minimum atomic E-state index is 0.202. The third kappa shape index (κ3) is 3.88. The van der Waals surface area contributed by atoms with Gasteiger partial charge in [-0.1, -0.05) is 30.7 Å². The van der Waals surface area contributed by atoms with Crippen molar-refractivity contribution < 1.29 is 4.79 Å². The Labute approximate surface area is 105 Å². The van der Waals surface area contributed by atoms with Crippen molar-refractivity contribution in [2.24, 2.45) is 0 Å². The van der Waals surface area contributed by atoms with E-state index in [9.17, 15) is 4.79 Å². The van der Waals surface area contributed by atoms with Crippen LogP contribution in [-0.2, 0) is 4.79 Å². The van der Waals surface area contributed by atoms with Gasteiger partial charge < -0.3 is 4.90 Å². The fourth-order valence-corrected chi connectivity index (χ4v) is 2.30. The van der Waals surface area contributed by atoms with Gasteiger partial charge in [0.1, 0.15) is 0 Å². The highest BCUT2D eigenvalue weighted by atomic mass is 16.2. The first-order valence-electron chi connectivity index (χ1n) is 6.43. The lowest BCUT2D eigenvalue weighted by Gasteiger charge is -2.22. The van der Waals surface area contributed by atoms with Crippen LogP contribution in [0.2, 0.25) is 0 Å². The lowest BCUT2D eigenvalue weighted by Crippen LogP contribution is -2.34. The first-order valence-corrected chi connectivity index (χ1v) is 6.43. The second-order valence-corrected chi connectivity index (χ2v) is 4.46. The molecule has 2 heteroatoms. The minimum Gasteiger partial charge on any atom is -0.336 e. The molecule has 0 N–H and O–H groups in total. The summed E-state index contributed by atoms with van der Waals surface area (Å²) in [6.07, 6.45) is 10.5. The molecule has 1 heterocycles. The molecule has 0 bridgehead atoms. The number of hydrogen-bond donors (Lipinski definition) is 0. The zero-order valence-electron chi connectivity index (χ0n) is 10.8. The van der Waals surface area contributed by atoms with Gasteiger partial charge in [0, 0.05) is 13.0 Å². The van der Waals surface area contributed by atoms with Gasteiger partial charge in [0.2, 0.25) is 5.91 Å². The van der Waals surface area contributed by atoms with E-state index >= 15 is 0 Å². The molecule has 0 spiro atoms. The Hall–Kier alpha value is -1.31. The number of rotatable bonds is 6. The molecule has 0 saturated carbocycles. The minimum absolute atomic E-state index is 0.202. The molecule has 17 heavy (non-hydrogen) atoms. The monoisotopic (exact) mass is 233 g/mol. The van der Waals surface area contributed by atoms with E-state index in [0.717, 1.165) is 32.2 Å². The maximum absolute atomic E-state index is 11.9. The maximum atomic E-state index is 11.9. The molecule has 0 radical (unpaired) electrons. The van der Waals surface area contributed by atoms with Gasteiger partial charge in [-0.3, -0.25) is 4.79 Å². The molecule has 1 amide bonds. The molecule has 0 aliphatic carbocycles. The summed E-state index contributed by atoms with van der Waals surface area (Å²) < 4.78 is 0. The Bertz CT molecular complexity index is 317. The summed E-state index contributed by atoms with van der Waals surface area (Å²) >= 11 is 0. The number of likely N-dealkylation sites (tertiary alicyclic amines) is 1. The second-order valence-electron chi connectivity index (χ2n) is 4.46. The summed E-state index contributed by atoms with van der Waals surface area (Å²) in [5.41, 5.74) is 1.38. The molecule has 1 rings (SSSR count). The smallest absolute Gasteiger partial charge is 0.226 e. The van der Waals surface area contributed by atoms with E-state index < -0.39 is 0 Å². The van der Waals surface area contributed by atoms with Crippen LogP contribution in [0.15, 0.2) is 37.0 Å². The van der Waals surface area contributed by atoms with Crippen LogP contribution in [0, 0.1) is 0 Å². The van der Waals surface area contributed by atoms with Gasteiger partial charge in [0.05, 0.1) is 6.04 Å². The lowest BCUT2D eigenvalue weighted by atomic mass is 10.0. The Balaban J connectivity index is 2.71. The number of amides is 1. The molecule has 1 fully saturated rings. The molecule has 1 aliphatic rings. The molecule has 1 aliphatic heterocycles. The van der Waals surface area contributed by atoms with E-state index in [4.69, 9.17) is 0 Å². The van der Waals surface area contributed by atoms with Crippen molar-refractivity contribution in [2.75, 3.05) is 6.54 Å². The van der Waals surface area contributed by atoms with Crippen molar-refractivity contribution in [1.82, 2.24) is 4.90 Å². The summed E-state index contributed by atoms with van der Waals surface area (Å²) in [6.45, 7) is 10.4. The second kappa shape index (κ2) is 7.10. The van der Waals surface area contributed by atoms with Gasteiger partial charge in [-0.2, -0.15) is 0 Å². The van der Waals surface area contributed by atoms with Crippen molar-refractivity contribution in [3.63, 3.8) is 0 Å². The summed E-state index contributed by atoms with van der Waals surface area (Å²) in [4.78, 5) is 13.9. The molecule has 94 valence electrons. The number of carbonyl (C=O) groups is 1. The van der Waals surface area contributed by atoms with Crippen LogP contribution in [-0.4, -0.2) is 23.4 Å². The van der Waals surface area contributed by atoms with E-state index in [0.29, 0.717) is 6.42 Å². The third-order valence-corrected chi connectivity index (χ3v) is 3.23. The standard InChI is InChI=1S/C15H23NO/c1-4-8-13(6-3)12-14-10-7-11-16(14)15(17)9-5-2/h4-5,12,14H,1-2,6-11H2,3H3/b13-12+/t14-/m0/s1. The van der Waals surface area contributed by atoms with Crippen molar-refractivity contribution in [1.29, 1.82) is 0 Å². The summed E-state index contributed by atoms with van der Waals surface area (Å²) in [7, 11) is 0. The largest absolute Gasteiger partial charge is 0.336 e. The molecule has 0 aromatic rings. The van der Waals surface area contributed by atoms with E-state index in [1.807, 2.05) is 11.0 Å². The number of allylic oxidation sites excluding steroid dienone is 2. The Morgan fingerprint density at radius 3 is 2.65 bits per heavy atom. The van der Waals surface area contributed by atoms with E-state index in [1.54, 1.807) is 6.08 Å². The summed E-state index contributed by atoms with van der Waals surface area (Å²) in [6, 6.07) is 0.289. The van der Waals surface area contributed by atoms with Gasteiger partial charge in [-0.15, -0.1) is 13.2 Å². The Morgan fingerprint density at radius 1 is 1.35 bits per heavy atom. The van der Waals surface area contributed by atoms with Crippen molar-refractivity contribution in [3.05, 3.63) is 37.0 Å². The van der Waals surface area contributed by atoms with Gasteiger partial charge in [0.25, 0.3) is 0 Å². The topological polar surface area (TPSA) is 20.3 Å². The SMILES string of the molecule is C=CCC(=O)N1CCC[C@H]1/C=C(\CC)CC=C. The first-order chi connectivity index (χ1) is 8.22. The molecule has 0 aromatic carbocycles. The van der Waals surface area contributed by atoms with E-state index in [-0.39, 0.29) is 11.9 Å². The first kappa shape index (κ1) is 13.8. The molecular formula is C15H23NO. The molecule has 2 nitrogen and oxygen atoms in total. The average molecular weight is 233 g/mol. The van der Waals surface area contributed by atoms with Crippen molar-refractivity contribution >= 4 is 5.91 Å². The van der Waals surface area contributed by atoms with Gasteiger partial charge in [0.15, 0.2) is 0 Å². The fraction of sp³-hybridized carbons (Fsp3) is 0.533. The van der Waals surface area contributed by atoms with Crippen LogP contribution in [0.3, 0.4) is 0 Å². The molecule has 1 saturated heterocycles. The predicted octanol–water partition coefficient (Wildman–Crippen LogP) is 3.47. The zero-order valence-corrected chi connectivity index (χ0v) is 10.8. The number of nitrogens with zero attached hydrogens (tertiary/aromatic N) is 1. The maximum Gasteiger partial charge on any atom is 0.226 e. The quantitative estimate of drug-likeness (QED) is 0.643. The fourth-order valence-electron chi connectivity index (χ4n) is 2.30. The van der Waals surface area contributed by atoms with Gasteiger partial charge in [-0.25, -0.2) is 0 Å². The van der Waals surface area contributed by atoms with Crippen molar-refractivity contribution in [2.45, 2.75) is 45.1 Å². The number of carbonyl (C=O) groups excluding carboxylic acids is 1. The average Bonchev–Trinajstić information content (AvgIpc) is 2.77. The summed E-state index contributed by atoms with van der Waals surface area (Å²) in [5, 5.41) is 0. The highest BCUT2D eigenvalue weighted by Crippen LogP contribution is 2.22. The normalized spacial score (nSPS) is 20.4. The zero-order chi connectivity index (χ0) is 12.7.